The van der Waals surface area contributed by atoms with Crippen molar-refractivity contribution >= 4 is 23.9 Å². The van der Waals surface area contributed by atoms with Crippen LogP contribution < -0.4 is 10.1 Å². The molecule has 0 radical (unpaired) electrons. The van der Waals surface area contributed by atoms with E-state index in [-0.39, 0.29) is 23.9 Å². The summed E-state index contributed by atoms with van der Waals surface area (Å²) in [5.41, 5.74) is -0.166. The van der Waals surface area contributed by atoms with Crippen molar-refractivity contribution in [3.8, 4) is 5.75 Å². The van der Waals surface area contributed by atoms with Crippen LogP contribution in [0.1, 0.15) is 29.6 Å². The zero-order valence-corrected chi connectivity index (χ0v) is 11.6. The second-order valence-corrected chi connectivity index (χ2v) is 5.07. The van der Waals surface area contributed by atoms with Gasteiger partial charge < -0.3 is 10.1 Å². The van der Waals surface area contributed by atoms with E-state index in [0.29, 0.717) is 17.7 Å². The molecule has 2 aliphatic heterocycles. The maximum absolute atomic E-state index is 12.2. The quantitative estimate of drug-likeness (QED) is 0.634. The summed E-state index contributed by atoms with van der Waals surface area (Å²) in [6.45, 7) is 1.66. The third-order valence-corrected chi connectivity index (χ3v) is 3.80. The molecule has 6 nitrogen and oxygen atoms in total. The number of ketones is 1. The van der Waals surface area contributed by atoms with Crippen molar-refractivity contribution < 1.29 is 14.5 Å². The highest BCUT2D eigenvalue weighted by Gasteiger charge is 2.41. The first-order valence-electron chi connectivity index (χ1n) is 6.31. The van der Waals surface area contributed by atoms with Gasteiger partial charge in [-0.2, -0.15) is 0 Å². The molecule has 1 aromatic carbocycles. The number of fused-ring (bicyclic) bond motifs is 1. The van der Waals surface area contributed by atoms with Gasteiger partial charge in [-0.15, -0.1) is 12.4 Å². The largest absolute Gasteiger partial charge is 0.486 e. The molecule has 0 saturated carbocycles. The first kappa shape index (κ1) is 14.7. The Morgan fingerprint density at radius 3 is 2.65 bits per heavy atom. The number of piperidine rings is 1. The van der Waals surface area contributed by atoms with Gasteiger partial charge in [-0.1, -0.05) is 0 Å². The first-order chi connectivity index (χ1) is 9.10. The van der Waals surface area contributed by atoms with Gasteiger partial charge in [0.1, 0.15) is 11.4 Å². The average Bonchev–Trinajstić information content (AvgIpc) is 2.39. The summed E-state index contributed by atoms with van der Waals surface area (Å²) in [5.74, 6) is 0.413. The number of nitrogens with one attached hydrogen (secondary N) is 1. The Balaban J connectivity index is 0.00000147. The minimum absolute atomic E-state index is 0. The molecule has 1 fully saturated rings. The molecule has 1 saturated heterocycles. The average molecular weight is 299 g/mol. The van der Waals surface area contributed by atoms with E-state index in [1.54, 1.807) is 0 Å². The fourth-order valence-electron chi connectivity index (χ4n) is 2.76. The minimum Gasteiger partial charge on any atom is -0.486 e. The third kappa shape index (κ3) is 2.48. The molecule has 1 aromatic rings. The van der Waals surface area contributed by atoms with Crippen molar-refractivity contribution in [3.05, 3.63) is 33.9 Å². The summed E-state index contributed by atoms with van der Waals surface area (Å²) in [6, 6.07) is 4.23. The molecule has 1 spiro atoms. The zero-order valence-electron chi connectivity index (χ0n) is 10.8. The number of non-ortho nitro benzene ring substituents is 1. The number of carbonyl (C=O) groups excluding carboxylic acids is 1. The van der Waals surface area contributed by atoms with Crippen LogP contribution in [-0.4, -0.2) is 29.4 Å². The molecule has 0 bridgehead atoms. The van der Waals surface area contributed by atoms with Gasteiger partial charge >= 0.3 is 0 Å². The van der Waals surface area contributed by atoms with Gasteiger partial charge in [-0.05, 0) is 19.2 Å². The van der Waals surface area contributed by atoms with Gasteiger partial charge in [0.2, 0.25) is 0 Å². The lowest BCUT2D eigenvalue weighted by molar-refractivity contribution is -0.384. The van der Waals surface area contributed by atoms with Crippen LogP contribution in [0.15, 0.2) is 18.2 Å². The minimum atomic E-state index is -0.498. The summed E-state index contributed by atoms with van der Waals surface area (Å²) in [6.07, 6.45) is 1.88. The Morgan fingerprint density at radius 2 is 2.00 bits per heavy atom. The lowest BCUT2D eigenvalue weighted by atomic mass is 9.83. The molecule has 0 aliphatic carbocycles. The molecule has 0 aromatic heterocycles. The van der Waals surface area contributed by atoms with Gasteiger partial charge in [-0.3, -0.25) is 14.9 Å². The van der Waals surface area contributed by atoms with E-state index >= 15 is 0 Å². The maximum Gasteiger partial charge on any atom is 0.270 e. The van der Waals surface area contributed by atoms with Crippen molar-refractivity contribution in [1.82, 2.24) is 5.32 Å². The summed E-state index contributed by atoms with van der Waals surface area (Å²) in [4.78, 5) is 22.4. The van der Waals surface area contributed by atoms with Crippen LogP contribution in [0.4, 0.5) is 5.69 Å². The van der Waals surface area contributed by atoms with Crippen LogP contribution in [0.5, 0.6) is 5.75 Å². The zero-order chi connectivity index (χ0) is 13.5. The number of hydrogen-bond donors (Lipinski definition) is 1. The van der Waals surface area contributed by atoms with E-state index in [1.807, 2.05) is 0 Å². The third-order valence-electron chi connectivity index (χ3n) is 3.80. The maximum atomic E-state index is 12.2. The van der Waals surface area contributed by atoms with Crippen LogP contribution in [0.25, 0.3) is 0 Å². The number of nitrogens with zero attached hydrogens (tertiary/aromatic N) is 1. The highest BCUT2D eigenvalue weighted by Crippen LogP contribution is 2.39. The van der Waals surface area contributed by atoms with Gasteiger partial charge in [0.05, 0.1) is 16.9 Å². The molecular weight excluding hydrogens is 284 g/mol. The normalized spacial score (nSPS) is 19.7. The second-order valence-electron chi connectivity index (χ2n) is 5.07. The summed E-state index contributed by atoms with van der Waals surface area (Å²) >= 11 is 0. The Kier molecular flexibility index (Phi) is 3.96. The summed E-state index contributed by atoms with van der Waals surface area (Å²) < 4.78 is 5.98. The number of halogens is 1. The van der Waals surface area contributed by atoms with Gasteiger partial charge in [0.15, 0.2) is 5.78 Å². The van der Waals surface area contributed by atoms with Crippen molar-refractivity contribution in [3.63, 3.8) is 0 Å². The number of benzene rings is 1. The predicted molar refractivity (Wildman–Crippen MR) is 74.8 cm³/mol. The smallest absolute Gasteiger partial charge is 0.270 e. The van der Waals surface area contributed by atoms with Crippen LogP contribution in [0.2, 0.25) is 0 Å². The van der Waals surface area contributed by atoms with Gasteiger partial charge in [-0.25, -0.2) is 0 Å². The Morgan fingerprint density at radius 1 is 1.30 bits per heavy atom. The van der Waals surface area contributed by atoms with Crippen molar-refractivity contribution in [2.24, 2.45) is 0 Å². The fourth-order valence-corrected chi connectivity index (χ4v) is 2.76. The monoisotopic (exact) mass is 298 g/mol. The number of ether oxygens (including phenoxy) is 1. The van der Waals surface area contributed by atoms with E-state index in [4.69, 9.17) is 4.74 Å². The number of nitro groups is 1. The molecule has 0 amide bonds. The molecule has 0 unspecified atom stereocenters. The van der Waals surface area contributed by atoms with E-state index in [1.165, 1.54) is 18.2 Å². The van der Waals surface area contributed by atoms with Crippen LogP contribution in [-0.2, 0) is 0 Å². The van der Waals surface area contributed by atoms with Gasteiger partial charge in [0, 0.05) is 25.0 Å². The summed E-state index contributed by atoms with van der Waals surface area (Å²) in [5, 5.41) is 14.0. The number of rotatable bonds is 1. The molecule has 7 heteroatoms. The topological polar surface area (TPSA) is 81.5 Å². The Hall–Kier alpha value is -1.66. The second kappa shape index (κ2) is 5.38. The Labute approximate surface area is 122 Å². The number of carbonyl (C=O) groups is 1. The molecule has 2 heterocycles. The first-order valence-corrected chi connectivity index (χ1v) is 6.31. The molecule has 108 valence electrons. The molecule has 20 heavy (non-hydrogen) atoms. The Bertz CT molecular complexity index is 555. The van der Waals surface area contributed by atoms with Crippen molar-refractivity contribution in [1.29, 1.82) is 0 Å². The SMILES string of the molecule is Cl.O=C1CC2(CCNCC2)Oc2ccc([N+](=O)[O-])cc21. The standard InChI is InChI=1S/C13H14N2O4.ClH/c16-11-8-13(3-5-14-6-4-13)19-12-2-1-9(15(17)18)7-10(11)12;/h1-2,7,14H,3-6,8H2;1H. The van der Waals surface area contributed by atoms with Gasteiger partial charge in [0.25, 0.3) is 5.69 Å². The van der Waals surface area contributed by atoms with Crippen LogP contribution >= 0.6 is 12.4 Å². The van der Waals surface area contributed by atoms with E-state index in [2.05, 4.69) is 5.32 Å². The van der Waals surface area contributed by atoms with E-state index in [0.717, 1.165) is 25.9 Å². The number of nitro benzene ring substituents is 1. The van der Waals surface area contributed by atoms with Crippen molar-refractivity contribution in [2.45, 2.75) is 24.9 Å². The molecule has 0 atom stereocenters. The molecule has 2 aliphatic rings. The lowest BCUT2D eigenvalue weighted by Crippen LogP contribution is -2.49. The van der Waals surface area contributed by atoms with Crippen LogP contribution in [0, 0.1) is 10.1 Å². The van der Waals surface area contributed by atoms with E-state index in [9.17, 15) is 14.9 Å². The fraction of sp³-hybridized carbons (Fsp3) is 0.462. The molecule has 1 N–H and O–H groups in total. The number of hydrogen-bond acceptors (Lipinski definition) is 5. The predicted octanol–water partition coefficient (Wildman–Crippen LogP) is 2.10. The van der Waals surface area contributed by atoms with Crippen LogP contribution in [0.3, 0.4) is 0 Å². The molecule has 3 rings (SSSR count). The highest BCUT2D eigenvalue weighted by molar-refractivity contribution is 6.01. The van der Waals surface area contributed by atoms with Crippen molar-refractivity contribution in [2.75, 3.05) is 13.1 Å². The number of Topliss-reactive ketones (excluding diaryl/α,β-unsaturated/α-hetero) is 1. The highest BCUT2D eigenvalue weighted by atomic mass is 35.5. The molecular formula is C13H15ClN2O4. The lowest BCUT2D eigenvalue weighted by Gasteiger charge is -2.40. The van der Waals surface area contributed by atoms with E-state index < -0.39 is 10.5 Å². The summed E-state index contributed by atoms with van der Waals surface area (Å²) in [7, 11) is 0.